The Morgan fingerprint density at radius 2 is 1.89 bits per heavy atom. The lowest BCUT2D eigenvalue weighted by atomic mass is 10.1. The average molecular weight is 389 g/mol. The van der Waals surface area contributed by atoms with Gasteiger partial charge in [-0.1, -0.05) is 24.3 Å². The zero-order chi connectivity index (χ0) is 19.6. The number of aliphatic hydroxyl groups excluding tert-OH is 1. The molecule has 0 bridgehead atoms. The molecule has 0 spiro atoms. The monoisotopic (exact) mass is 388 g/mol. The van der Waals surface area contributed by atoms with Crippen LogP contribution in [-0.4, -0.2) is 61.5 Å². The fraction of sp³-hybridized carbons (Fsp3) is 0.682. The number of nitrogens with zero attached hydrogens (tertiary/aromatic N) is 2. The third-order valence-electron chi connectivity index (χ3n) is 5.26. The van der Waals surface area contributed by atoms with Gasteiger partial charge in [-0.25, -0.2) is 4.99 Å². The number of benzene rings is 1. The van der Waals surface area contributed by atoms with Gasteiger partial charge in [0, 0.05) is 26.2 Å². The van der Waals surface area contributed by atoms with Crippen molar-refractivity contribution >= 4 is 5.96 Å². The quantitative estimate of drug-likeness (QED) is 0.400. The molecular formula is C22H36N4O2. The smallest absolute Gasteiger partial charge is 0.191 e. The summed E-state index contributed by atoms with van der Waals surface area (Å²) < 4.78 is 5.55. The molecule has 1 saturated carbocycles. The van der Waals surface area contributed by atoms with Crippen LogP contribution in [0.5, 0.6) is 0 Å². The van der Waals surface area contributed by atoms with E-state index in [1.165, 1.54) is 49.9 Å². The number of hydrogen-bond acceptors (Lipinski definition) is 4. The molecule has 2 aliphatic rings. The number of rotatable bonds is 11. The van der Waals surface area contributed by atoms with E-state index >= 15 is 0 Å². The van der Waals surface area contributed by atoms with Gasteiger partial charge in [-0.05, 0) is 62.7 Å². The van der Waals surface area contributed by atoms with Gasteiger partial charge in [0.2, 0.25) is 0 Å². The summed E-state index contributed by atoms with van der Waals surface area (Å²) in [6, 6.07) is 8.76. The first-order chi connectivity index (χ1) is 13.7. The minimum Gasteiger partial charge on any atom is -0.389 e. The predicted octanol–water partition coefficient (Wildman–Crippen LogP) is 2.12. The van der Waals surface area contributed by atoms with Crippen LogP contribution in [0.4, 0.5) is 0 Å². The Labute approximate surface area is 169 Å². The van der Waals surface area contributed by atoms with Gasteiger partial charge in [-0.15, -0.1) is 0 Å². The van der Waals surface area contributed by atoms with Gasteiger partial charge in [0.05, 0.1) is 19.3 Å². The normalized spacial score (nSPS) is 19.0. The van der Waals surface area contributed by atoms with Gasteiger partial charge in [-0.2, -0.15) is 0 Å². The Kier molecular flexibility index (Phi) is 8.58. The molecule has 1 aliphatic carbocycles. The average Bonchev–Trinajstić information content (AvgIpc) is 3.39. The number of nitrogens with one attached hydrogen (secondary N) is 2. The van der Waals surface area contributed by atoms with Gasteiger partial charge in [0.1, 0.15) is 0 Å². The highest BCUT2D eigenvalue weighted by atomic mass is 16.5. The maximum absolute atomic E-state index is 10.1. The van der Waals surface area contributed by atoms with E-state index in [0.29, 0.717) is 19.7 Å². The number of aliphatic imine (C=N–C) groups is 1. The summed E-state index contributed by atoms with van der Waals surface area (Å²) in [5.41, 5.74) is 2.56. The van der Waals surface area contributed by atoms with Gasteiger partial charge < -0.3 is 20.5 Å². The molecule has 0 aromatic heterocycles. The third-order valence-corrected chi connectivity index (χ3v) is 5.26. The minimum atomic E-state index is -0.521. The highest BCUT2D eigenvalue weighted by Crippen LogP contribution is 2.28. The second-order valence-corrected chi connectivity index (χ2v) is 8.01. The molecule has 6 heteroatoms. The number of likely N-dealkylation sites (tertiary alicyclic amines) is 1. The lowest BCUT2D eigenvalue weighted by Crippen LogP contribution is -2.42. The van der Waals surface area contributed by atoms with Crippen LogP contribution in [0.2, 0.25) is 0 Å². The van der Waals surface area contributed by atoms with Crippen molar-refractivity contribution in [3.63, 3.8) is 0 Å². The Hall–Kier alpha value is -1.63. The summed E-state index contributed by atoms with van der Waals surface area (Å²) >= 11 is 0. The summed E-state index contributed by atoms with van der Waals surface area (Å²) in [7, 11) is 0. The Balaban J connectivity index is 1.40. The number of aliphatic hydroxyl groups is 1. The molecular weight excluding hydrogens is 352 g/mol. The fourth-order valence-electron chi connectivity index (χ4n) is 3.39. The van der Waals surface area contributed by atoms with Crippen molar-refractivity contribution in [3.8, 4) is 0 Å². The van der Waals surface area contributed by atoms with Gasteiger partial charge in [0.15, 0.2) is 5.96 Å². The molecule has 1 aromatic rings. The number of ether oxygens (including phenoxy) is 1. The van der Waals surface area contributed by atoms with Gasteiger partial charge in [0.25, 0.3) is 0 Å². The van der Waals surface area contributed by atoms with Crippen LogP contribution in [-0.2, 0) is 17.8 Å². The molecule has 28 heavy (non-hydrogen) atoms. The molecule has 1 unspecified atom stereocenters. The third kappa shape index (κ3) is 7.78. The fourth-order valence-corrected chi connectivity index (χ4v) is 3.39. The molecule has 3 rings (SSSR count). The molecule has 1 aromatic carbocycles. The molecule has 1 heterocycles. The lowest BCUT2D eigenvalue weighted by Gasteiger charge is -2.16. The van der Waals surface area contributed by atoms with Crippen LogP contribution < -0.4 is 10.6 Å². The number of hydrogen-bond donors (Lipinski definition) is 3. The van der Waals surface area contributed by atoms with Crippen LogP contribution in [0.1, 0.15) is 43.7 Å². The maximum Gasteiger partial charge on any atom is 0.191 e. The summed E-state index contributed by atoms with van der Waals surface area (Å²) in [5, 5.41) is 16.5. The van der Waals surface area contributed by atoms with Crippen LogP contribution in [0.25, 0.3) is 0 Å². The van der Waals surface area contributed by atoms with E-state index in [0.717, 1.165) is 31.6 Å². The summed E-state index contributed by atoms with van der Waals surface area (Å²) in [6.07, 6.45) is 4.67. The standard InChI is InChI=1S/C22H36N4O2/c1-2-23-22(25-14-21(27)17-28-16-20-9-10-20)24-13-18-5-7-19(8-6-18)15-26-11-3-4-12-26/h5-8,20-21,27H,2-4,9-17H2,1H3,(H2,23,24,25). The van der Waals surface area contributed by atoms with E-state index in [2.05, 4.69) is 44.8 Å². The molecule has 156 valence electrons. The zero-order valence-corrected chi connectivity index (χ0v) is 17.2. The highest BCUT2D eigenvalue weighted by Gasteiger charge is 2.21. The Morgan fingerprint density at radius 1 is 1.18 bits per heavy atom. The van der Waals surface area contributed by atoms with Crippen molar-refractivity contribution < 1.29 is 9.84 Å². The first-order valence-corrected chi connectivity index (χ1v) is 10.8. The summed E-state index contributed by atoms with van der Waals surface area (Å²) in [5.74, 6) is 1.45. The first-order valence-electron chi connectivity index (χ1n) is 10.8. The van der Waals surface area contributed by atoms with E-state index in [1.54, 1.807) is 0 Å². The van der Waals surface area contributed by atoms with E-state index in [-0.39, 0.29) is 0 Å². The molecule has 3 N–H and O–H groups in total. The van der Waals surface area contributed by atoms with Crippen molar-refractivity contribution in [2.75, 3.05) is 39.4 Å². The maximum atomic E-state index is 10.1. The van der Waals surface area contributed by atoms with Crippen molar-refractivity contribution in [3.05, 3.63) is 35.4 Å². The Morgan fingerprint density at radius 3 is 2.57 bits per heavy atom. The first kappa shape index (κ1) is 21.1. The zero-order valence-electron chi connectivity index (χ0n) is 17.2. The van der Waals surface area contributed by atoms with E-state index in [9.17, 15) is 5.11 Å². The molecule has 0 amide bonds. The summed E-state index contributed by atoms with van der Waals surface area (Å²) in [4.78, 5) is 7.15. The molecule has 0 radical (unpaired) electrons. The largest absolute Gasteiger partial charge is 0.389 e. The lowest BCUT2D eigenvalue weighted by molar-refractivity contribution is 0.0345. The van der Waals surface area contributed by atoms with E-state index in [1.807, 2.05) is 6.92 Å². The SMILES string of the molecule is CCNC(=NCc1ccc(CN2CCCC2)cc1)NCC(O)COCC1CC1. The van der Waals surface area contributed by atoms with Crippen LogP contribution in [0, 0.1) is 5.92 Å². The second kappa shape index (κ2) is 11.4. The molecule has 1 aliphatic heterocycles. The molecule has 1 saturated heterocycles. The Bertz CT molecular complexity index is 595. The minimum absolute atomic E-state index is 0.376. The molecule has 6 nitrogen and oxygen atoms in total. The highest BCUT2D eigenvalue weighted by molar-refractivity contribution is 5.79. The topological polar surface area (TPSA) is 69.1 Å². The van der Waals surface area contributed by atoms with Crippen molar-refractivity contribution in [2.45, 2.75) is 51.8 Å². The van der Waals surface area contributed by atoms with Crippen molar-refractivity contribution in [1.82, 2.24) is 15.5 Å². The molecule has 1 atom stereocenters. The van der Waals surface area contributed by atoms with Crippen LogP contribution >= 0.6 is 0 Å². The number of guanidine groups is 1. The van der Waals surface area contributed by atoms with Gasteiger partial charge in [-0.3, -0.25) is 4.90 Å². The van der Waals surface area contributed by atoms with E-state index < -0.39 is 6.10 Å². The van der Waals surface area contributed by atoms with Crippen LogP contribution in [0.3, 0.4) is 0 Å². The summed E-state index contributed by atoms with van der Waals surface area (Å²) in [6.45, 7) is 8.53. The van der Waals surface area contributed by atoms with Gasteiger partial charge >= 0.3 is 0 Å². The second-order valence-electron chi connectivity index (χ2n) is 8.01. The van der Waals surface area contributed by atoms with Crippen molar-refractivity contribution in [1.29, 1.82) is 0 Å². The van der Waals surface area contributed by atoms with E-state index in [4.69, 9.17) is 4.74 Å². The predicted molar refractivity (Wildman–Crippen MR) is 113 cm³/mol. The van der Waals surface area contributed by atoms with Crippen LogP contribution in [0.15, 0.2) is 29.3 Å². The molecule has 2 fully saturated rings. The van der Waals surface area contributed by atoms with Crippen molar-refractivity contribution in [2.24, 2.45) is 10.9 Å².